The number of aromatic nitrogens is 2. The molecular weight excluding hydrogens is 374 g/mol. The number of carbonyl (C=O) groups excluding carboxylic acids is 2. The van der Waals surface area contributed by atoms with Crippen LogP contribution >= 0.6 is 22.9 Å². The van der Waals surface area contributed by atoms with Gasteiger partial charge in [-0.15, -0.1) is 10.2 Å². The van der Waals surface area contributed by atoms with Crippen molar-refractivity contribution in [1.82, 2.24) is 15.5 Å². The minimum Gasteiger partial charge on any atom is -0.350 e. The summed E-state index contributed by atoms with van der Waals surface area (Å²) in [5.41, 5.74) is 0.868. The fourth-order valence-electron chi connectivity index (χ4n) is 2.65. The van der Waals surface area contributed by atoms with Crippen LogP contribution in [0.4, 0.5) is 10.3 Å². The first-order valence-corrected chi connectivity index (χ1v) is 9.59. The number of hydrogen-bond donors (Lipinski definition) is 1. The highest BCUT2D eigenvalue weighted by molar-refractivity contribution is 7.19. The minimum absolute atomic E-state index is 0.0825. The second-order valence-electron chi connectivity index (χ2n) is 6.09. The standard InChI is InChI=1S/C17H20ClN5O2S/c1-22(11-14(24)19-10-12-6-2-3-7-13(12)18)16-20-21-17(26-16)23-9-5-4-8-15(23)25/h2-3,6-7H,4-5,8-11H2,1H3,(H,19,24). The van der Waals surface area contributed by atoms with E-state index in [-0.39, 0.29) is 18.4 Å². The Labute approximate surface area is 161 Å². The van der Waals surface area contributed by atoms with Crippen LogP contribution in [0.3, 0.4) is 0 Å². The Balaban J connectivity index is 1.54. The average Bonchev–Trinajstić information content (AvgIpc) is 3.11. The third-order valence-electron chi connectivity index (χ3n) is 4.10. The number of halogens is 1. The average molecular weight is 394 g/mol. The molecule has 26 heavy (non-hydrogen) atoms. The lowest BCUT2D eigenvalue weighted by molar-refractivity contribution is -0.120. The van der Waals surface area contributed by atoms with E-state index < -0.39 is 0 Å². The number of amides is 2. The molecule has 1 saturated heterocycles. The maximum Gasteiger partial charge on any atom is 0.239 e. The number of nitrogens with zero attached hydrogens (tertiary/aromatic N) is 4. The summed E-state index contributed by atoms with van der Waals surface area (Å²) in [4.78, 5) is 27.5. The Morgan fingerprint density at radius 1 is 1.35 bits per heavy atom. The first kappa shape index (κ1) is 18.6. The maximum atomic E-state index is 12.2. The van der Waals surface area contributed by atoms with Crippen LogP contribution in [0.5, 0.6) is 0 Å². The quantitative estimate of drug-likeness (QED) is 0.815. The zero-order chi connectivity index (χ0) is 18.5. The van der Waals surface area contributed by atoms with E-state index >= 15 is 0 Å². The van der Waals surface area contributed by atoms with E-state index in [1.807, 2.05) is 18.2 Å². The number of piperidine rings is 1. The largest absolute Gasteiger partial charge is 0.350 e. The zero-order valence-corrected chi connectivity index (χ0v) is 16.0. The van der Waals surface area contributed by atoms with Crippen LogP contribution in [-0.2, 0) is 16.1 Å². The van der Waals surface area contributed by atoms with Crippen molar-refractivity contribution in [1.29, 1.82) is 0 Å². The molecule has 1 aromatic carbocycles. The molecule has 0 saturated carbocycles. The van der Waals surface area contributed by atoms with E-state index in [2.05, 4.69) is 15.5 Å². The molecule has 0 atom stereocenters. The summed E-state index contributed by atoms with van der Waals surface area (Å²) in [7, 11) is 1.78. The lowest BCUT2D eigenvalue weighted by Gasteiger charge is -2.23. The molecule has 0 spiro atoms. The molecule has 138 valence electrons. The lowest BCUT2D eigenvalue weighted by Crippen LogP contribution is -2.35. The van der Waals surface area contributed by atoms with Crippen molar-refractivity contribution in [3.8, 4) is 0 Å². The molecule has 2 aromatic rings. The Morgan fingerprint density at radius 2 is 2.15 bits per heavy atom. The Kier molecular flexibility index (Phi) is 6.05. The van der Waals surface area contributed by atoms with Gasteiger partial charge >= 0.3 is 0 Å². The number of hydrogen-bond acceptors (Lipinski definition) is 6. The zero-order valence-electron chi connectivity index (χ0n) is 14.4. The van der Waals surface area contributed by atoms with Crippen molar-refractivity contribution < 1.29 is 9.59 Å². The molecule has 0 radical (unpaired) electrons. The van der Waals surface area contributed by atoms with Gasteiger partial charge in [-0.05, 0) is 24.5 Å². The maximum absolute atomic E-state index is 12.2. The van der Waals surface area contributed by atoms with E-state index in [9.17, 15) is 9.59 Å². The number of carbonyl (C=O) groups is 2. The lowest BCUT2D eigenvalue weighted by atomic mass is 10.1. The second-order valence-corrected chi connectivity index (χ2v) is 7.44. The van der Waals surface area contributed by atoms with Gasteiger partial charge in [0.1, 0.15) is 0 Å². The summed E-state index contributed by atoms with van der Waals surface area (Å²) in [5, 5.41) is 12.9. The van der Waals surface area contributed by atoms with Gasteiger partial charge in [0.25, 0.3) is 0 Å². The van der Waals surface area contributed by atoms with Crippen molar-refractivity contribution in [2.45, 2.75) is 25.8 Å². The van der Waals surface area contributed by atoms with Crippen molar-refractivity contribution in [3.05, 3.63) is 34.9 Å². The Bertz CT molecular complexity index is 797. The van der Waals surface area contributed by atoms with Gasteiger partial charge < -0.3 is 10.2 Å². The molecule has 1 aliphatic heterocycles. The van der Waals surface area contributed by atoms with Crippen LogP contribution in [-0.4, -0.2) is 42.1 Å². The van der Waals surface area contributed by atoms with E-state index in [1.54, 1.807) is 22.9 Å². The number of anilines is 2. The van der Waals surface area contributed by atoms with Gasteiger partial charge in [-0.25, -0.2) is 0 Å². The van der Waals surface area contributed by atoms with Crippen molar-refractivity contribution in [2.24, 2.45) is 0 Å². The van der Waals surface area contributed by atoms with E-state index in [0.29, 0.717) is 34.8 Å². The number of benzene rings is 1. The summed E-state index contributed by atoms with van der Waals surface area (Å²) < 4.78 is 0. The molecular formula is C17H20ClN5O2S. The SMILES string of the molecule is CN(CC(=O)NCc1ccccc1Cl)c1nnc(N2CCCCC2=O)s1. The topological polar surface area (TPSA) is 78.4 Å². The van der Waals surface area contributed by atoms with Crippen LogP contribution in [0.1, 0.15) is 24.8 Å². The highest BCUT2D eigenvalue weighted by Crippen LogP contribution is 2.28. The Hall–Kier alpha value is -2.19. The molecule has 7 nitrogen and oxygen atoms in total. The molecule has 1 aliphatic rings. The first-order valence-electron chi connectivity index (χ1n) is 8.39. The second kappa shape index (κ2) is 8.46. The summed E-state index contributed by atoms with van der Waals surface area (Å²) in [6.07, 6.45) is 2.45. The van der Waals surface area contributed by atoms with Crippen LogP contribution < -0.4 is 15.1 Å². The predicted octanol–water partition coefficient (Wildman–Crippen LogP) is 2.46. The predicted molar refractivity (Wildman–Crippen MR) is 103 cm³/mol. The molecule has 2 amide bonds. The molecule has 1 fully saturated rings. The van der Waals surface area contributed by atoms with Crippen LogP contribution in [0.25, 0.3) is 0 Å². The molecule has 0 aliphatic carbocycles. The Morgan fingerprint density at radius 3 is 2.92 bits per heavy atom. The molecule has 1 N–H and O–H groups in total. The summed E-state index contributed by atoms with van der Waals surface area (Å²) >= 11 is 7.41. The molecule has 3 rings (SSSR count). The van der Waals surface area contributed by atoms with E-state index in [1.165, 1.54) is 11.3 Å². The molecule has 0 bridgehead atoms. The normalized spacial score (nSPS) is 14.4. The van der Waals surface area contributed by atoms with Crippen molar-refractivity contribution in [2.75, 3.05) is 29.9 Å². The van der Waals surface area contributed by atoms with Crippen LogP contribution in [0, 0.1) is 0 Å². The first-order chi connectivity index (χ1) is 12.5. The third-order valence-corrected chi connectivity index (χ3v) is 5.53. The summed E-state index contributed by atoms with van der Waals surface area (Å²) in [6.45, 7) is 1.19. The molecule has 0 unspecified atom stereocenters. The highest BCUT2D eigenvalue weighted by Gasteiger charge is 2.24. The van der Waals surface area contributed by atoms with E-state index in [4.69, 9.17) is 11.6 Å². The van der Waals surface area contributed by atoms with Crippen LogP contribution in [0.2, 0.25) is 5.02 Å². The van der Waals surface area contributed by atoms with Gasteiger partial charge in [-0.1, -0.05) is 41.1 Å². The highest BCUT2D eigenvalue weighted by atomic mass is 35.5. The van der Waals surface area contributed by atoms with Gasteiger partial charge in [-0.2, -0.15) is 0 Å². The smallest absolute Gasteiger partial charge is 0.239 e. The van der Waals surface area contributed by atoms with Gasteiger partial charge in [0.05, 0.1) is 6.54 Å². The van der Waals surface area contributed by atoms with Gasteiger partial charge in [0.15, 0.2) is 0 Å². The van der Waals surface area contributed by atoms with Gasteiger partial charge in [0.2, 0.25) is 22.1 Å². The molecule has 2 heterocycles. The summed E-state index contributed by atoms with van der Waals surface area (Å²) in [6, 6.07) is 7.39. The van der Waals surface area contributed by atoms with Gasteiger partial charge in [0, 0.05) is 31.6 Å². The molecule has 1 aromatic heterocycles. The number of likely N-dealkylation sites (N-methyl/N-ethyl adjacent to an activating group) is 1. The number of nitrogens with one attached hydrogen (secondary N) is 1. The van der Waals surface area contributed by atoms with E-state index in [0.717, 1.165) is 18.4 Å². The monoisotopic (exact) mass is 393 g/mol. The van der Waals surface area contributed by atoms with Crippen molar-refractivity contribution >= 4 is 45.0 Å². The van der Waals surface area contributed by atoms with Gasteiger partial charge in [-0.3, -0.25) is 14.5 Å². The minimum atomic E-state index is -0.141. The number of rotatable bonds is 6. The third kappa shape index (κ3) is 4.50. The summed E-state index contributed by atoms with van der Waals surface area (Å²) in [5.74, 6) is -0.0581. The van der Waals surface area contributed by atoms with Crippen LogP contribution in [0.15, 0.2) is 24.3 Å². The fourth-order valence-corrected chi connectivity index (χ4v) is 3.71. The van der Waals surface area contributed by atoms with Crippen molar-refractivity contribution in [3.63, 3.8) is 0 Å². The fraction of sp³-hybridized carbons (Fsp3) is 0.412. The molecule has 9 heteroatoms.